The molecule has 1 atom stereocenters. The monoisotopic (exact) mass is 249 g/mol. The molecule has 2 heterocycles. The fraction of sp³-hybridized carbons (Fsp3) is 0.583. The molecular weight excluding hydrogens is 230 g/mol. The van der Waals surface area contributed by atoms with Crippen LogP contribution in [0.5, 0.6) is 0 Å². The van der Waals surface area contributed by atoms with E-state index in [4.69, 9.17) is 0 Å². The molecule has 1 fully saturated rings. The lowest BCUT2D eigenvalue weighted by molar-refractivity contribution is -0.122. The maximum absolute atomic E-state index is 11.1. The summed E-state index contributed by atoms with van der Waals surface area (Å²) in [7, 11) is 1.85. The molecule has 1 aliphatic heterocycles. The van der Waals surface area contributed by atoms with Crippen molar-refractivity contribution in [3.63, 3.8) is 0 Å². The van der Waals surface area contributed by atoms with Crippen molar-refractivity contribution in [3.05, 3.63) is 11.9 Å². The Balaban J connectivity index is 2.11. The summed E-state index contributed by atoms with van der Waals surface area (Å²) in [5.74, 6) is 1.84. The predicted octanol–water partition coefficient (Wildman–Crippen LogP) is 0.771. The molecule has 98 valence electrons. The molecule has 0 bridgehead atoms. The zero-order valence-corrected chi connectivity index (χ0v) is 10.8. The van der Waals surface area contributed by atoms with Gasteiger partial charge in [-0.25, -0.2) is 9.97 Å². The highest BCUT2D eigenvalue weighted by atomic mass is 16.1. The summed E-state index contributed by atoms with van der Waals surface area (Å²) in [4.78, 5) is 19.6. The fourth-order valence-electron chi connectivity index (χ4n) is 2.14. The van der Waals surface area contributed by atoms with Crippen LogP contribution >= 0.6 is 0 Å². The highest BCUT2D eigenvalue weighted by Gasteiger charge is 2.19. The van der Waals surface area contributed by atoms with Crippen molar-refractivity contribution < 1.29 is 4.79 Å². The first-order valence-electron chi connectivity index (χ1n) is 6.29. The van der Waals surface area contributed by atoms with Gasteiger partial charge in [-0.15, -0.1) is 0 Å². The molecule has 0 aliphatic carbocycles. The lowest BCUT2D eigenvalue weighted by Crippen LogP contribution is -2.42. The molecule has 1 aromatic heterocycles. The van der Waals surface area contributed by atoms with Crippen LogP contribution in [0, 0.1) is 0 Å². The van der Waals surface area contributed by atoms with Crippen LogP contribution in [0.3, 0.4) is 0 Å². The largest absolute Gasteiger partial charge is 0.373 e. The Labute approximate surface area is 107 Å². The minimum absolute atomic E-state index is 0.127. The molecule has 0 radical (unpaired) electrons. The van der Waals surface area contributed by atoms with Crippen molar-refractivity contribution >= 4 is 17.5 Å². The number of aromatic nitrogens is 2. The van der Waals surface area contributed by atoms with E-state index in [2.05, 4.69) is 32.8 Å². The van der Waals surface area contributed by atoms with E-state index in [1.165, 1.54) is 0 Å². The lowest BCUT2D eigenvalue weighted by Gasteiger charge is -2.25. The Hall–Kier alpha value is -1.85. The average Bonchev–Trinajstić information content (AvgIpc) is 2.41. The van der Waals surface area contributed by atoms with Gasteiger partial charge in [0.1, 0.15) is 18.0 Å². The second-order valence-electron chi connectivity index (χ2n) is 4.34. The van der Waals surface area contributed by atoms with Crippen molar-refractivity contribution in [2.24, 2.45) is 0 Å². The van der Waals surface area contributed by atoms with Gasteiger partial charge in [0, 0.05) is 31.6 Å². The molecular formula is C12H19N5O. The van der Waals surface area contributed by atoms with E-state index in [1.54, 1.807) is 6.33 Å². The van der Waals surface area contributed by atoms with Gasteiger partial charge in [0.05, 0.1) is 0 Å². The van der Waals surface area contributed by atoms with E-state index < -0.39 is 0 Å². The summed E-state index contributed by atoms with van der Waals surface area (Å²) in [5.41, 5.74) is 1.08. The van der Waals surface area contributed by atoms with Crippen LogP contribution in [0.4, 0.5) is 11.6 Å². The van der Waals surface area contributed by atoms with Gasteiger partial charge in [-0.2, -0.15) is 0 Å². The molecule has 6 nitrogen and oxygen atoms in total. The van der Waals surface area contributed by atoms with Gasteiger partial charge in [0.25, 0.3) is 0 Å². The number of nitrogens with one attached hydrogen (secondary N) is 3. The lowest BCUT2D eigenvalue weighted by atomic mass is 10.1. The van der Waals surface area contributed by atoms with Crippen LogP contribution in [-0.4, -0.2) is 35.5 Å². The minimum atomic E-state index is 0.127. The molecule has 0 saturated carbocycles. The number of hydrogen-bond donors (Lipinski definition) is 3. The number of nitrogens with zero attached hydrogens (tertiary/aromatic N) is 2. The third-order valence-electron chi connectivity index (χ3n) is 3.14. The zero-order chi connectivity index (χ0) is 13.0. The summed E-state index contributed by atoms with van der Waals surface area (Å²) in [6.07, 6.45) is 3.82. The Morgan fingerprint density at radius 1 is 1.44 bits per heavy atom. The third-order valence-corrected chi connectivity index (χ3v) is 3.14. The molecule has 1 amide bonds. The molecule has 1 aliphatic rings. The average molecular weight is 249 g/mol. The summed E-state index contributed by atoms with van der Waals surface area (Å²) in [5, 5.41) is 9.32. The summed E-state index contributed by atoms with van der Waals surface area (Å²) in [6.45, 7) is 2.73. The summed E-state index contributed by atoms with van der Waals surface area (Å²) in [6, 6.07) is 0.243. The molecule has 1 saturated heterocycles. The van der Waals surface area contributed by atoms with Gasteiger partial charge in [0.2, 0.25) is 5.91 Å². The smallest absolute Gasteiger partial charge is 0.220 e. The van der Waals surface area contributed by atoms with Crippen molar-refractivity contribution in [1.82, 2.24) is 15.3 Å². The SMILES string of the molecule is CCc1c(NC)ncnc1NC1CCC(=O)NC1. The van der Waals surface area contributed by atoms with Crippen molar-refractivity contribution in [3.8, 4) is 0 Å². The van der Waals surface area contributed by atoms with E-state index in [9.17, 15) is 4.79 Å². The van der Waals surface area contributed by atoms with E-state index in [0.29, 0.717) is 13.0 Å². The predicted molar refractivity (Wildman–Crippen MR) is 70.6 cm³/mol. The Morgan fingerprint density at radius 3 is 2.83 bits per heavy atom. The second-order valence-corrected chi connectivity index (χ2v) is 4.34. The molecule has 1 aromatic rings. The fourth-order valence-corrected chi connectivity index (χ4v) is 2.14. The molecule has 3 N–H and O–H groups in total. The standard InChI is InChI=1S/C12H19N5O/c1-3-9-11(13-2)15-7-16-12(9)17-8-4-5-10(18)14-6-8/h7-8H,3-6H2,1-2H3,(H,14,18)(H2,13,15,16,17). The number of piperidine rings is 1. The first-order valence-corrected chi connectivity index (χ1v) is 6.29. The number of amides is 1. The van der Waals surface area contributed by atoms with Gasteiger partial charge >= 0.3 is 0 Å². The molecule has 0 aromatic carbocycles. The van der Waals surface area contributed by atoms with E-state index in [-0.39, 0.29) is 11.9 Å². The van der Waals surface area contributed by atoms with Gasteiger partial charge in [-0.1, -0.05) is 6.92 Å². The minimum Gasteiger partial charge on any atom is -0.373 e. The van der Waals surface area contributed by atoms with Crippen LogP contribution in [0.15, 0.2) is 6.33 Å². The van der Waals surface area contributed by atoms with Gasteiger partial charge in [0.15, 0.2) is 0 Å². The van der Waals surface area contributed by atoms with Gasteiger partial charge in [-0.3, -0.25) is 4.79 Å². The Kier molecular flexibility index (Phi) is 3.96. The summed E-state index contributed by atoms with van der Waals surface area (Å²) < 4.78 is 0. The summed E-state index contributed by atoms with van der Waals surface area (Å²) >= 11 is 0. The number of carbonyl (C=O) groups is 1. The van der Waals surface area contributed by atoms with Gasteiger partial charge < -0.3 is 16.0 Å². The van der Waals surface area contributed by atoms with Crippen LogP contribution in [0.1, 0.15) is 25.3 Å². The highest BCUT2D eigenvalue weighted by Crippen LogP contribution is 2.21. The molecule has 1 unspecified atom stereocenters. The first kappa shape index (κ1) is 12.6. The second kappa shape index (κ2) is 5.66. The molecule has 6 heteroatoms. The Morgan fingerprint density at radius 2 is 2.22 bits per heavy atom. The van der Waals surface area contributed by atoms with E-state index in [0.717, 1.165) is 30.0 Å². The quantitative estimate of drug-likeness (QED) is 0.734. The van der Waals surface area contributed by atoms with E-state index in [1.807, 2.05) is 7.05 Å². The number of hydrogen-bond acceptors (Lipinski definition) is 5. The maximum Gasteiger partial charge on any atom is 0.220 e. The number of carbonyl (C=O) groups excluding carboxylic acids is 1. The zero-order valence-electron chi connectivity index (χ0n) is 10.8. The number of rotatable bonds is 4. The number of anilines is 2. The molecule has 2 rings (SSSR count). The van der Waals surface area contributed by atoms with Crippen LogP contribution in [0.2, 0.25) is 0 Å². The highest BCUT2D eigenvalue weighted by molar-refractivity contribution is 5.77. The van der Waals surface area contributed by atoms with E-state index >= 15 is 0 Å². The molecule has 18 heavy (non-hydrogen) atoms. The van der Waals surface area contributed by atoms with Crippen LogP contribution < -0.4 is 16.0 Å². The normalized spacial score (nSPS) is 19.2. The first-order chi connectivity index (χ1) is 8.74. The van der Waals surface area contributed by atoms with Crippen molar-refractivity contribution in [2.75, 3.05) is 24.2 Å². The topological polar surface area (TPSA) is 78.9 Å². The third kappa shape index (κ3) is 2.69. The van der Waals surface area contributed by atoms with Crippen LogP contribution in [-0.2, 0) is 11.2 Å². The molecule has 0 spiro atoms. The maximum atomic E-state index is 11.1. The van der Waals surface area contributed by atoms with Crippen LogP contribution in [0.25, 0.3) is 0 Å². The van der Waals surface area contributed by atoms with Crippen molar-refractivity contribution in [1.29, 1.82) is 0 Å². The van der Waals surface area contributed by atoms with Crippen molar-refractivity contribution in [2.45, 2.75) is 32.2 Å². The van der Waals surface area contributed by atoms with Gasteiger partial charge in [-0.05, 0) is 12.8 Å². The Bertz CT molecular complexity index is 424.